The lowest BCUT2D eigenvalue weighted by Gasteiger charge is -2.48. The fraction of sp³-hybridized carbons (Fsp3) is 0.667. The van der Waals surface area contributed by atoms with Crippen molar-refractivity contribution in [3.8, 4) is 5.75 Å². The second-order valence-electron chi connectivity index (χ2n) is 14.5. The van der Waals surface area contributed by atoms with Gasteiger partial charge in [-0.3, -0.25) is 4.79 Å². The van der Waals surface area contributed by atoms with Crippen LogP contribution in [0.1, 0.15) is 80.4 Å². The van der Waals surface area contributed by atoms with Crippen LogP contribution in [0.5, 0.6) is 5.75 Å². The summed E-state index contributed by atoms with van der Waals surface area (Å²) in [7, 11) is 0.160. The number of likely N-dealkylation sites (N-methyl/N-ethyl adjacent to an activating group) is 1. The van der Waals surface area contributed by atoms with Gasteiger partial charge in [0.05, 0.1) is 24.5 Å². The Morgan fingerprint density at radius 2 is 1.75 bits per heavy atom. The smallest absolute Gasteiger partial charge is 0.283 e. The van der Waals surface area contributed by atoms with Crippen molar-refractivity contribution in [2.24, 2.45) is 23.7 Å². The lowest BCUT2D eigenvalue weighted by atomic mass is 9.65. The van der Waals surface area contributed by atoms with Crippen molar-refractivity contribution in [2.45, 2.75) is 89.4 Å². The van der Waals surface area contributed by atoms with Gasteiger partial charge in [-0.2, -0.15) is 0 Å². The van der Waals surface area contributed by atoms with Gasteiger partial charge in [0.1, 0.15) is 12.3 Å². The van der Waals surface area contributed by atoms with Crippen molar-refractivity contribution in [3.63, 3.8) is 0 Å². The second-order valence-corrected chi connectivity index (χ2v) is 17.0. The number of carbonyl (C=O) groups is 1. The first-order chi connectivity index (χ1) is 23.0. The number of fused-ring (bicyclic) bond motifs is 3. The molecular formula is C36H51ClN4O6S. The quantitative estimate of drug-likeness (QED) is 0.423. The van der Waals surface area contributed by atoms with Crippen molar-refractivity contribution in [1.29, 1.82) is 0 Å². The Labute approximate surface area is 290 Å². The van der Waals surface area contributed by atoms with E-state index in [9.17, 15) is 13.2 Å². The maximum Gasteiger partial charge on any atom is 0.283 e. The van der Waals surface area contributed by atoms with Crippen molar-refractivity contribution >= 4 is 33.3 Å². The third-order valence-corrected chi connectivity index (χ3v) is 13.4. The molecule has 5 atom stereocenters. The molecule has 1 aromatic carbocycles. The van der Waals surface area contributed by atoms with Gasteiger partial charge < -0.3 is 24.0 Å². The van der Waals surface area contributed by atoms with Gasteiger partial charge in [-0.1, -0.05) is 31.0 Å². The highest BCUT2D eigenvalue weighted by atomic mass is 35.5. The Balaban J connectivity index is 1.35. The Morgan fingerprint density at radius 3 is 2.48 bits per heavy atom. The largest absolute Gasteiger partial charge is 0.485 e. The number of rotatable bonds is 2. The van der Waals surface area contributed by atoms with Crippen LogP contribution in [-0.4, -0.2) is 82.2 Å². The van der Waals surface area contributed by atoms with Gasteiger partial charge in [-0.15, -0.1) is 0 Å². The van der Waals surface area contributed by atoms with Crippen LogP contribution in [0, 0.1) is 23.7 Å². The van der Waals surface area contributed by atoms with E-state index in [-0.39, 0.29) is 29.9 Å². The van der Waals surface area contributed by atoms with E-state index >= 15 is 0 Å². The molecule has 1 aromatic heterocycles. The van der Waals surface area contributed by atoms with Crippen LogP contribution in [0.4, 0.5) is 5.82 Å². The third-order valence-electron chi connectivity index (χ3n) is 11.2. The highest BCUT2D eigenvalue weighted by Gasteiger charge is 2.44. The van der Waals surface area contributed by atoms with Crippen LogP contribution < -0.4 is 14.4 Å². The van der Waals surface area contributed by atoms with Gasteiger partial charge in [0, 0.05) is 24.0 Å². The number of hydrogen-bond acceptors (Lipinski definition) is 9. The summed E-state index contributed by atoms with van der Waals surface area (Å²) in [5.74, 6) is 1.28. The Morgan fingerprint density at radius 1 is 0.958 bits per heavy atom. The number of benzene rings is 1. The zero-order valence-corrected chi connectivity index (χ0v) is 30.3. The molecule has 1 saturated carbocycles. The normalized spacial score (nSPS) is 31.7. The summed E-state index contributed by atoms with van der Waals surface area (Å²) in [5.41, 5.74) is 2.30. The van der Waals surface area contributed by atoms with E-state index in [2.05, 4.69) is 28.6 Å². The average molecular weight is 703 g/mol. The minimum Gasteiger partial charge on any atom is -0.485 e. The number of pyridine rings is 1. The van der Waals surface area contributed by atoms with E-state index in [1.807, 2.05) is 25.1 Å². The summed E-state index contributed by atoms with van der Waals surface area (Å²) in [4.78, 5) is 22.7. The second kappa shape index (κ2) is 15.2. The van der Waals surface area contributed by atoms with Crippen LogP contribution in [0.25, 0.3) is 0 Å². The van der Waals surface area contributed by atoms with Gasteiger partial charge in [0.2, 0.25) is 10.0 Å². The Bertz CT molecular complexity index is 1550. The van der Waals surface area contributed by atoms with Gasteiger partial charge in [-0.25, -0.2) is 18.1 Å². The molecule has 0 unspecified atom stereocenters. The number of aryl methyl sites for hydroxylation is 1. The molecule has 6 rings (SSSR count). The molecular weight excluding hydrogens is 652 g/mol. The molecule has 1 aliphatic carbocycles. The molecule has 4 aliphatic rings. The fourth-order valence-corrected chi connectivity index (χ4v) is 9.18. The van der Waals surface area contributed by atoms with E-state index in [0.29, 0.717) is 48.2 Å². The van der Waals surface area contributed by atoms with Crippen molar-refractivity contribution < 1.29 is 27.4 Å². The highest BCUT2D eigenvalue weighted by Crippen LogP contribution is 2.46. The fourth-order valence-electron chi connectivity index (χ4n) is 7.69. The standard InChI is InChI=1S/C36H51ClN4O6S/c1-23-8-7-10-31(36-46-21-29(22-47-36)40(3)4)30-14-12-26(30)19-41-17-6-5-9-25-18-28(37)13-11-27(25)20-45-33-16-15-32(38-34(33)41)35(42)39-48(43,44)24(23)2/h11,13,15-16,18,23-24,26,29-31,36H,5-10,12,14,17,19-22H2,1-4H3,(H,39,42)/t23-,24+,26-,29?,30+,31+,36?/m0/s1. The molecule has 1 amide bonds. The van der Waals surface area contributed by atoms with Crippen LogP contribution in [0.15, 0.2) is 30.3 Å². The molecule has 0 radical (unpaired) electrons. The zero-order chi connectivity index (χ0) is 34.0. The number of carbonyl (C=O) groups excluding carboxylic acids is 1. The predicted molar refractivity (Wildman–Crippen MR) is 187 cm³/mol. The third kappa shape index (κ3) is 7.96. The number of aromatic nitrogens is 1. The SMILES string of the molecule is C[C@@H]1[C@@H](C)CCC[C@@H](C2OCC(N(C)C)CO2)[C@@H]2CC[C@H]2CN2CCCCc3cc(Cl)ccc3COc3ccc(nc32)C(=O)NS1(=O)=O. The summed E-state index contributed by atoms with van der Waals surface area (Å²) < 4.78 is 48.5. The van der Waals surface area contributed by atoms with Crippen LogP contribution in [0.2, 0.25) is 5.02 Å². The molecule has 48 heavy (non-hydrogen) atoms. The molecule has 3 aliphatic heterocycles. The Kier molecular flexibility index (Phi) is 11.2. The first kappa shape index (κ1) is 35.4. The van der Waals surface area contributed by atoms with Gasteiger partial charge in [0.15, 0.2) is 17.9 Å². The molecule has 1 saturated heterocycles. The summed E-state index contributed by atoms with van der Waals surface area (Å²) in [6.07, 6.45) is 7.15. The lowest BCUT2D eigenvalue weighted by Crippen LogP contribution is -2.50. The predicted octanol–water partition coefficient (Wildman–Crippen LogP) is 5.67. The van der Waals surface area contributed by atoms with Crippen LogP contribution in [0.3, 0.4) is 0 Å². The minimum absolute atomic E-state index is 0.0578. The van der Waals surface area contributed by atoms with Gasteiger partial charge in [-0.05, 0) is 119 Å². The molecule has 1 N–H and O–H groups in total. The number of nitrogens with one attached hydrogen (secondary N) is 1. The Hall–Kier alpha value is -2.44. The number of hydrogen-bond donors (Lipinski definition) is 1. The molecule has 12 heteroatoms. The first-order valence-corrected chi connectivity index (χ1v) is 19.5. The number of amides is 1. The molecule has 0 spiro atoms. The first-order valence-electron chi connectivity index (χ1n) is 17.6. The van der Waals surface area contributed by atoms with E-state index in [1.165, 1.54) is 5.56 Å². The summed E-state index contributed by atoms with van der Waals surface area (Å²) >= 11 is 6.36. The topological polar surface area (TPSA) is 110 Å². The van der Waals surface area contributed by atoms with E-state index in [4.69, 9.17) is 30.8 Å². The minimum atomic E-state index is -3.94. The molecule has 264 valence electrons. The number of ether oxygens (including phenoxy) is 3. The van der Waals surface area contributed by atoms with Crippen molar-refractivity contribution in [3.05, 3.63) is 52.2 Å². The molecule has 10 nitrogen and oxygen atoms in total. The van der Waals surface area contributed by atoms with Gasteiger partial charge in [0.25, 0.3) is 5.91 Å². The maximum absolute atomic E-state index is 13.4. The van der Waals surface area contributed by atoms with E-state index in [0.717, 1.165) is 70.0 Å². The summed E-state index contributed by atoms with van der Waals surface area (Å²) in [6, 6.07) is 9.45. The zero-order valence-electron chi connectivity index (χ0n) is 28.7. The molecule has 4 heterocycles. The highest BCUT2D eigenvalue weighted by molar-refractivity contribution is 7.90. The summed E-state index contributed by atoms with van der Waals surface area (Å²) in [6.45, 7) is 6.72. The number of anilines is 1. The maximum atomic E-state index is 13.4. The molecule has 2 bridgehead atoms. The van der Waals surface area contributed by atoms with E-state index in [1.54, 1.807) is 19.1 Å². The van der Waals surface area contributed by atoms with Crippen molar-refractivity contribution in [2.75, 3.05) is 45.3 Å². The number of nitrogens with zero attached hydrogens (tertiary/aromatic N) is 3. The van der Waals surface area contributed by atoms with Crippen molar-refractivity contribution in [1.82, 2.24) is 14.6 Å². The van der Waals surface area contributed by atoms with Gasteiger partial charge >= 0.3 is 0 Å². The van der Waals surface area contributed by atoms with E-state index < -0.39 is 21.2 Å². The van der Waals surface area contributed by atoms with Crippen LogP contribution in [-0.2, 0) is 32.5 Å². The molecule has 2 fully saturated rings. The lowest BCUT2D eigenvalue weighted by molar-refractivity contribution is -0.240. The average Bonchev–Trinajstić information content (AvgIpc) is 3.08. The summed E-state index contributed by atoms with van der Waals surface area (Å²) in [5, 5.41) is -0.0413. The number of halogens is 1. The number of sulfonamides is 1. The molecule has 2 aromatic rings. The van der Waals surface area contributed by atoms with Crippen LogP contribution >= 0.6 is 11.6 Å². The monoisotopic (exact) mass is 702 g/mol.